The Hall–Kier alpha value is -1.31. The van der Waals surface area contributed by atoms with Crippen LogP contribution in [-0.2, 0) is 14.8 Å². The second-order valence-corrected chi connectivity index (χ2v) is 6.59. The van der Waals surface area contributed by atoms with Gasteiger partial charge in [0, 0.05) is 6.54 Å². The Labute approximate surface area is 119 Å². The van der Waals surface area contributed by atoms with Crippen LogP contribution in [0.1, 0.15) is 0 Å². The zero-order valence-corrected chi connectivity index (χ0v) is 12.4. The Balaban J connectivity index is 2.03. The van der Waals surface area contributed by atoms with Gasteiger partial charge in [0.2, 0.25) is 10.0 Å². The minimum atomic E-state index is -3.23. The molecule has 0 amide bonds. The highest BCUT2D eigenvalue weighted by atomic mass is 32.2. The molecule has 0 N–H and O–H groups in total. The summed E-state index contributed by atoms with van der Waals surface area (Å²) in [6.45, 7) is 1.42. The number of sulfonamides is 1. The summed E-state index contributed by atoms with van der Waals surface area (Å²) in [5.74, 6) is 1.40. The van der Waals surface area contributed by atoms with E-state index in [0.717, 1.165) is 5.75 Å². The molecule has 0 bridgehead atoms. The first-order chi connectivity index (χ1) is 9.49. The average Bonchev–Trinajstić information content (AvgIpc) is 2.65. The minimum absolute atomic E-state index is 0.296. The number of methoxy groups -OCH3 is 1. The molecule has 1 aromatic carbocycles. The summed E-state index contributed by atoms with van der Waals surface area (Å²) in [7, 11) is -1.64. The maximum atomic E-state index is 11.6. The molecule has 2 rings (SSSR count). The fraction of sp³-hybridized carbons (Fsp3) is 0.538. The Morgan fingerprint density at radius 2 is 1.90 bits per heavy atom. The van der Waals surface area contributed by atoms with Gasteiger partial charge in [-0.1, -0.05) is 0 Å². The van der Waals surface area contributed by atoms with Gasteiger partial charge in [-0.25, -0.2) is 8.42 Å². The summed E-state index contributed by atoms with van der Waals surface area (Å²) in [5, 5.41) is 0. The topological polar surface area (TPSA) is 65.1 Å². The summed E-state index contributed by atoms with van der Waals surface area (Å²) in [6, 6.07) is 7.16. The predicted octanol–water partition coefficient (Wildman–Crippen LogP) is 0.734. The normalized spacial score (nSPS) is 21.2. The van der Waals surface area contributed by atoms with E-state index in [1.807, 2.05) is 0 Å². The van der Waals surface area contributed by atoms with Gasteiger partial charge < -0.3 is 14.2 Å². The van der Waals surface area contributed by atoms with Crippen LogP contribution in [0.3, 0.4) is 0 Å². The third-order valence-electron chi connectivity index (χ3n) is 3.03. The van der Waals surface area contributed by atoms with E-state index in [2.05, 4.69) is 0 Å². The smallest absolute Gasteiger partial charge is 0.211 e. The predicted molar refractivity (Wildman–Crippen MR) is 74.6 cm³/mol. The van der Waals surface area contributed by atoms with E-state index < -0.39 is 10.0 Å². The Bertz CT molecular complexity index is 528. The highest BCUT2D eigenvalue weighted by Crippen LogP contribution is 2.19. The minimum Gasteiger partial charge on any atom is -0.497 e. The molecular formula is C13H19NO5S. The second-order valence-electron chi connectivity index (χ2n) is 4.61. The lowest BCUT2D eigenvalue weighted by molar-refractivity contribution is 0.0722. The maximum Gasteiger partial charge on any atom is 0.211 e. The van der Waals surface area contributed by atoms with Gasteiger partial charge in [-0.3, -0.25) is 0 Å². The Morgan fingerprint density at radius 3 is 2.50 bits per heavy atom. The van der Waals surface area contributed by atoms with Crippen LogP contribution in [0, 0.1) is 0 Å². The molecular weight excluding hydrogens is 282 g/mol. The molecule has 1 saturated heterocycles. The highest BCUT2D eigenvalue weighted by Gasteiger charge is 2.25. The molecule has 1 aliphatic rings. The van der Waals surface area contributed by atoms with Crippen molar-refractivity contribution in [1.29, 1.82) is 0 Å². The summed E-state index contributed by atoms with van der Waals surface area (Å²) >= 11 is 0. The van der Waals surface area contributed by atoms with E-state index in [1.165, 1.54) is 10.6 Å². The molecule has 20 heavy (non-hydrogen) atoms. The van der Waals surface area contributed by atoms with Crippen molar-refractivity contribution in [2.75, 3.05) is 39.7 Å². The van der Waals surface area contributed by atoms with Gasteiger partial charge in [0.15, 0.2) is 0 Å². The first-order valence-corrected chi connectivity index (χ1v) is 8.17. The molecule has 0 saturated carbocycles. The zero-order valence-electron chi connectivity index (χ0n) is 11.6. The van der Waals surface area contributed by atoms with Crippen molar-refractivity contribution in [3.63, 3.8) is 0 Å². The average molecular weight is 301 g/mol. The molecule has 1 atom stereocenters. The SMILES string of the molecule is COc1ccc(OC2COCCN(S(C)(=O)=O)C2)cc1. The lowest BCUT2D eigenvalue weighted by atomic mass is 10.3. The maximum absolute atomic E-state index is 11.6. The standard InChI is InChI=1S/C13H19NO5S/c1-17-11-3-5-12(6-4-11)19-13-9-14(20(2,15)16)7-8-18-10-13/h3-6,13H,7-10H2,1-2H3. The summed E-state index contributed by atoms with van der Waals surface area (Å²) in [5.41, 5.74) is 0. The fourth-order valence-electron chi connectivity index (χ4n) is 1.97. The number of benzene rings is 1. The van der Waals surface area contributed by atoms with Gasteiger partial charge >= 0.3 is 0 Å². The third kappa shape index (κ3) is 4.09. The van der Waals surface area contributed by atoms with Crippen LogP contribution in [0.25, 0.3) is 0 Å². The van der Waals surface area contributed by atoms with E-state index in [-0.39, 0.29) is 6.10 Å². The van der Waals surface area contributed by atoms with Crippen LogP contribution in [0.4, 0.5) is 0 Å². The lowest BCUT2D eigenvalue weighted by Crippen LogP contribution is -2.39. The number of ether oxygens (including phenoxy) is 3. The highest BCUT2D eigenvalue weighted by molar-refractivity contribution is 7.88. The first-order valence-electron chi connectivity index (χ1n) is 6.32. The number of hydrogen-bond donors (Lipinski definition) is 0. The quantitative estimate of drug-likeness (QED) is 0.820. The van der Waals surface area contributed by atoms with Crippen molar-refractivity contribution in [3.8, 4) is 11.5 Å². The van der Waals surface area contributed by atoms with Crippen LogP contribution in [0.2, 0.25) is 0 Å². The van der Waals surface area contributed by atoms with Crippen LogP contribution in [0.15, 0.2) is 24.3 Å². The molecule has 0 aliphatic carbocycles. The van der Waals surface area contributed by atoms with E-state index in [4.69, 9.17) is 14.2 Å². The van der Waals surface area contributed by atoms with Crippen molar-refractivity contribution in [1.82, 2.24) is 4.31 Å². The zero-order chi connectivity index (χ0) is 14.6. The number of rotatable bonds is 4. The molecule has 7 heteroatoms. The van der Waals surface area contributed by atoms with Crippen molar-refractivity contribution < 1.29 is 22.6 Å². The van der Waals surface area contributed by atoms with Gasteiger partial charge in [-0.15, -0.1) is 0 Å². The monoisotopic (exact) mass is 301 g/mol. The fourth-order valence-corrected chi connectivity index (χ4v) is 2.81. The molecule has 6 nitrogen and oxygen atoms in total. The summed E-state index contributed by atoms with van der Waals surface area (Å²) in [6.07, 6.45) is 0.878. The molecule has 1 aliphatic heterocycles. The van der Waals surface area contributed by atoms with Crippen molar-refractivity contribution in [2.24, 2.45) is 0 Å². The second kappa shape index (κ2) is 6.43. The van der Waals surface area contributed by atoms with E-state index in [1.54, 1.807) is 31.4 Å². The number of hydrogen-bond acceptors (Lipinski definition) is 5. The van der Waals surface area contributed by atoms with E-state index >= 15 is 0 Å². The largest absolute Gasteiger partial charge is 0.497 e. The van der Waals surface area contributed by atoms with Crippen molar-refractivity contribution in [3.05, 3.63) is 24.3 Å². The molecule has 1 fully saturated rings. The molecule has 1 aromatic rings. The summed E-state index contributed by atoms with van der Waals surface area (Å²) in [4.78, 5) is 0. The number of nitrogens with zero attached hydrogens (tertiary/aromatic N) is 1. The van der Waals surface area contributed by atoms with Crippen molar-refractivity contribution in [2.45, 2.75) is 6.10 Å². The molecule has 0 spiro atoms. The summed E-state index contributed by atoms with van der Waals surface area (Å²) < 4.78 is 40.9. The van der Waals surface area contributed by atoms with Crippen molar-refractivity contribution >= 4 is 10.0 Å². The van der Waals surface area contributed by atoms with E-state index in [9.17, 15) is 8.42 Å². The van der Waals surface area contributed by atoms with Gasteiger partial charge in [0.25, 0.3) is 0 Å². The van der Waals surface area contributed by atoms with Crippen LogP contribution in [0.5, 0.6) is 11.5 Å². The van der Waals surface area contributed by atoms with E-state index in [0.29, 0.717) is 32.1 Å². The molecule has 1 heterocycles. The van der Waals surface area contributed by atoms with Crippen LogP contribution in [-0.4, -0.2) is 58.5 Å². The first kappa shape index (κ1) is 15.1. The van der Waals surface area contributed by atoms with Gasteiger partial charge in [0.1, 0.15) is 17.6 Å². The Kier molecular flexibility index (Phi) is 4.85. The lowest BCUT2D eigenvalue weighted by Gasteiger charge is -2.22. The molecule has 0 aromatic heterocycles. The third-order valence-corrected chi connectivity index (χ3v) is 4.30. The van der Waals surface area contributed by atoms with Crippen LogP contribution < -0.4 is 9.47 Å². The van der Waals surface area contributed by atoms with Gasteiger partial charge in [-0.05, 0) is 24.3 Å². The molecule has 1 unspecified atom stereocenters. The van der Waals surface area contributed by atoms with Gasteiger partial charge in [0.05, 0.1) is 33.1 Å². The Morgan fingerprint density at radius 1 is 1.25 bits per heavy atom. The van der Waals surface area contributed by atoms with Crippen LogP contribution >= 0.6 is 0 Å². The van der Waals surface area contributed by atoms with Gasteiger partial charge in [-0.2, -0.15) is 4.31 Å². The molecule has 112 valence electrons. The molecule has 0 radical (unpaired) electrons.